The standard InChI is InChI=1S/C12H12BrN3O2/c13-9-4-2-1-3-8(9)11-15-12(18-16-11)10-5-7(17)6-14-10/h1-4,7,10,14,17H,5-6H2/t7-,10+/m0/s1. The Morgan fingerprint density at radius 3 is 2.94 bits per heavy atom. The van der Waals surface area contributed by atoms with Gasteiger partial charge in [-0.25, -0.2) is 0 Å². The molecule has 0 unspecified atom stereocenters. The van der Waals surface area contributed by atoms with Gasteiger partial charge >= 0.3 is 0 Å². The lowest BCUT2D eigenvalue weighted by Gasteiger charge is -2.01. The largest absolute Gasteiger partial charge is 0.392 e. The predicted octanol–water partition coefficient (Wildman–Crippen LogP) is 1.89. The third kappa shape index (κ3) is 2.19. The summed E-state index contributed by atoms with van der Waals surface area (Å²) >= 11 is 3.46. The minimum absolute atomic E-state index is 0.0521. The number of benzene rings is 1. The quantitative estimate of drug-likeness (QED) is 0.886. The number of rotatable bonds is 2. The first kappa shape index (κ1) is 11.8. The lowest BCUT2D eigenvalue weighted by Crippen LogP contribution is -2.15. The van der Waals surface area contributed by atoms with E-state index in [2.05, 4.69) is 31.4 Å². The van der Waals surface area contributed by atoms with Gasteiger partial charge in [0, 0.05) is 16.6 Å². The second-order valence-electron chi connectivity index (χ2n) is 4.29. The minimum Gasteiger partial charge on any atom is -0.392 e. The Labute approximate surface area is 112 Å². The molecule has 1 aromatic carbocycles. The SMILES string of the molecule is O[C@@H]1CN[C@@H](c2nc(-c3ccccc3Br)no2)C1. The zero-order valence-electron chi connectivity index (χ0n) is 9.51. The summed E-state index contributed by atoms with van der Waals surface area (Å²) in [5.41, 5.74) is 0.894. The van der Waals surface area contributed by atoms with Gasteiger partial charge in [-0.1, -0.05) is 33.2 Å². The molecule has 0 spiro atoms. The number of halogens is 1. The lowest BCUT2D eigenvalue weighted by atomic mass is 10.2. The number of aromatic nitrogens is 2. The highest BCUT2D eigenvalue weighted by Gasteiger charge is 2.28. The van der Waals surface area contributed by atoms with E-state index in [1.165, 1.54) is 0 Å². The second-order valence-corrected chi connectivity index (χ2v) is 5.14. The van der Waals surface area contributed by atoms with Crippen LogP contribution in [-0.4, -0.2) is 27.9 Å². The molecule has 1 fully saturated rings. The molecule has 2 aromatic rings. The summed E-state index contributed by atoms with van der Waals surface area (Å²) in [4.78, 5) is 4.38. The molecule has 2 N–H and O–H groups in total. The number of aliphatic hydroxyl groups excluding tert-OH is 1. The van der Waals surface area contributed by atoms with Crippen LogP contribution < -0.4 is 5.32 Å². The molecule has 1 aliphatic rings. The highest BCUT2D eigenvalue weighted by Crippen LogP contribution is 2.28. The minimum atomic E-state index is -0.339. The number of hydrogen-bond donors (Lipinski definition) is 2. The third-order valence-electron chi connectivity index (χ3n) is 2.96. The highest BCUT2D eigenvalue weighted by atomic mass is 79.9. The maximum atomic E-state index is 9.47. The summed E-state index contributed by atoms with van der Waals surface area (Å²) < 4.78 is 6.18. The molecular formula is C12H12BrN3O2. The summed E-state index contributed by atoms with van der Waals surface area (Å²) in [6.07, 6.45) is 0.270. The van der Waals surface area contributed by atoms with Gasteiger partial charge in [0.05, 0.1) is 12.1 Å². The van der Waals surface area contributed by atoms with Crippen molar-refractivity contribution in [1.82, 2.24) is 15.5 Å². The normalized spacial score (nSPS) is 23.4. The molecule has 0 saturated carbocycles. The highest BCUT2D eigenvalue weighted by molar-refractivity contribution is 9.10. The molecule has 0 bridgehead atoms. The van der Waals surface area contributed by atoms with Gasteiger partial charge in [-0.05, 0) is 18.6 Å². The summed E-state index contributed by atoms with van der Waals surface area (Å²) in [5.74, 6) is 1.08. The van der Waals surface area contributed by atoms with E-state index in [9.17, 15) is 5.11 Å². The van der Waals surface area contributed by atoms with Gasteiger partial charge in [-0.3, -0.25) is 0 Å². The van der Waals surface area contributed by atoms with Crippen molar-refractivity contribution >= 4 is 15.9 Å². The van der Waals surface area contributed by atoms with Crippen LogP contribution in [-0.2, 0) is 0 Å². The molecule has 2 heterocycles. The van der Waals surface area contributed by atoms with E-state index >= 15 is 0 Å². The Balaban J connectivity index is 1.88. The third-order valence-corrected chi connectivity index (χ3v) is 3.65. The predicted molar refractivity (Wildman–Crippen MR) is 68.8 cm³/mol. The van der Waals surface area contributed by atoms with Crippen LogP contribution in [0.3, 0.4) is 0 Å². The van der Waals surface area contributed by atoms with Crippen molar-refractivity contribution in [2.45, 2.75) is 18.6 Å². The first-order valence-corrected chi connectivity index (χ1v) is 6.53. The summed E-state index contributed by atoms with van der Waals surface area (Å²) in [6.45, 7) is 0.567. The summed E-state index contributed by atoms with van der Waals surface area (Å²) in [5, 5.41) is 16.6. The van der Waals surface area contributed by atoms with Crippen molar-refractivity contribution in [3.05, 3.63) is 34.6 Å². The number of aliphatic hydroxyl groups is 1. The molecule has 0 aliphatic carbocycles. The van der Waals surface area contributed by atoms with Crippen LogP contribution in [0.1, 0.15) is 18.4 Å². The summed E-state index contributed by atoms with van der Waals surface area (Å²) in [7, 11) is 0. The fourth-order valence-electron chi connectivity index (χ4n) is 2.03. The van der Waals surface area contributed by atoms with E-state index in [-0.39, 0.29) is 12.1 Å². The number of nitrogens with zero attached hydrogens (tertiary/aromatic N) is 2. The van der Waals surface area contributed by atoms with Crippen LogP contribution in [0.25, 0.3) is 11.4 Å². The topological polar surface area (TPSA) is 71.2 Å². The van der Waals surface area contributed by atoms with Crippen molar-refractivity contribution in [3.8, 4) is 11.4 Å². The monoisotopic (exact) mass is 309 g/mol. The lowest BCUT2D eigenvalue weighted by molar-refractivity contribution is 0.191. The van der Waals surface area contributed by atoms with E-state index in [1.54, 1.807) is 0 Å². The molecule has 2 atom stereocenters. The summed E-state index contributed by atoms with van der Waals surface area (Å²) in [6, 6.07) is 7.67. The zero-order valence-corrected chi connectivity index (χ0v) is 11.1. The number of nitrogens with one attached hydrogen (secondary N) is 1. The molecule has 1 saturated heterocycles. The van der Waals surface area contributed by atoms with E-state index < -0.39 is 0 Å². The Kier molecular flexibility index (Phi) is 3.15. The average molecular weight is 310 g/mol. The Bertz CT molecular complexity index is 558. The van der Waals surface area contributed by atoms with E-state index in [1.807, 2.05) is 24.3 Å². The fourth-order valence-corrected chi connectivity index (χ4v) is 2.50. The molecule has 1 aromatic heterocycles. The van der Waals surface area contributed by atoms with E-state index in [0.29, 0.717) is 24.7 Å². The van der Waals surface area contributed by atoms with Gasteiger partial charge in [0.2, 0.25) is 11.7 Å². The first-order chi connectivity index (χ1) is 8.74. The van der Waals surface area contributed by atoms with Gasteiger partial charge in [0.1, 0.15) is 0 Å². The van der Waals surface area contributed by atoms with Crippen LogP contribution in [0, 0.1) is 0 Å². The van der Waals surface area contributed by atoms with Gasteiger partial charge in [-0.15, -0.1) is 0 Å². The smallest absolute Gasteiger partial charge is 0.244 e. The van der Waals surface area contributed by atoms with Crippen LogP contribution in [0.15, 0.2) is 33.3 Å². The van der Waals surface area contributed by atoms with Crippen LogP contribution in [0.2, 0.25) is 0 Å². The first-order valence-electron chi connectivity index (χ1n) is 5.74. The Hall–Kier alpha value is -1.24. The molecule has 0 radical (unpaired) electrons. The molecule has 3 rings (SSSR count). The van der Waals surface area contributed by atoms with Crippen molar-refractivity contribution in [1.29, 1.82) is 0 Å². The Morgan fingerprint density at radius 2 is 2.22 bits per heavy atom. The molecule has 94 valence electrons. The maximum Gasteiger partial charge on any atom is 0.244 e. The molecule has 6 heteroatoms. The molecule has 5 nitrogen and oxygen atoms in total. The van der Waals surface area contributed by atoms with Gasteiger partial charge < -0.3 is 14.9 Å². The van der Waals surface area contributed by atoms with Gasteiger partial charge in [0.15, 0.2) is 0 Å². The molecule has 1 aliphatic heterocycles. The van der Waals surface area contributed by atoms with Crippen LogP contribution in [0.5, 0.6) is 0 Å². The second kappa shape index (κ2) is 4.79. The van der Waals surface area contributed by atoms with Crippen molar-refractivity contribution < 1.29 is 9.63 Å². The van der Waals surface area contributed by atoms with Crippen molar-refractivity contribution in [3.63, 3.8) is 0 Å². The van der Waals surface area contributed by atoms with Crippen LogP contribution >= 0.6 is 15.9 Å². The fraction of sp³-hybridized carbons (Fsp3) is 0.333. The molecule has 18 heavy (non-hydrogen) atoms. The zero-order chi connectivity index (χ0) is 12.5. The van der Waals surface area contributed by atoms with Crippen LogP contribution in [0.4, 0.5) is 0 Å². The average Bonchev–Trinajstić information content (AvgIpc) is 2.98. The molecule has 0 amide bonds. The number of hydrogen-bond acceptors (Lipinski definition) is 5. The Morgan fingerprint density at radius 1 is 1.39 bits per heavy atom. The van der Waals surface area contributed by atoms with Crippen molar-refractivity contribution in [2.75, 3.05) is 6.54 Å². The molecular weight excluding hydrogens is 298 g/mol. The van der Waals surface area contributed by atoms with Crippen molar-refractivity contribution in [2.24, 2.45) is 0 Å². The van der Waals surface area contributed by atoms with Gasteiger partial charge in [0.25, 0.3) is 0 Å². The van der Waals surface area contributed by atoms with E-state index in [4.69, 9.17) is 4.52 Å². The van der Waals surface area contributed by atoms with E-state index in [0.717, 1.165) is 10.0 Å². The van der Waals surface area contributed by atoms with Gasteiger partial charge in [-0.2, -0.15) is 4.98 Å². The number of β-amino-alcohol motifs (C(OH)–C–C–N with tert-alkyl or cyclic N) is 1. The maximum absolute atomic E-state index is 9.47.